The molecule has 16 heavy (non-hydrogen) atoms. The molecule has 1 heterocycles. The highest BCUT2D eigenvalue weighted by Gasteiger charge is 2.18. The third kappa shape index (κ3) is 2.29. The highest BCUT2D eigenvalue weighted by atomic mass is 14.7. The number of aromatic amines is 1. The van der Waals surface area contributed by atoms with Gasteiger partial charge in [-0.3, -0.25) is 0 Å². The third-order valence-corrected chi connectivity index (χ3v) is 3.27. The predicted octanol–water partition coefficient (Wildman–Crippen LogP) is 4.54. The second-order valence-corrected chi connectivity index (χ2v) is 5.45. The molecule has 0 fully saturated rings. The molecule has 1 N–H and O–H groups in total. The van der Waals surface area contributed by atoms with E-state index >= 15 is 0 Å². The van der Waals surface area contributed by atoms with E-state index in [9.17, 15) is 0 Å². The maximum Gasteiger partial charge on any atom is 0.0456 e. The summed E-state index contributed by atoms with van der Waals surface area (Å²) >= 11 is 0. The molecule has 0 atom stereocenters. The molecule has 0 saturated carbocycles. The topological polar surface area (TPSA) is 15.8 Å². The lowest BCUT2D eigenvalue weighted by Crippen LogP contribution is -2.14. The zero-order chi connectivity index (χ0) is 11.6. The number of benzene rings is 1. The zero-order valence-electron chi connectivity index (χ0n) is 10.5. The number of rotatable bonds is 4. The highest BCUT2D eigenvalue weighted by molar-refractivity contribution is 5.83. The lowest BCUT2D eigenvalue weighted by molar-refractivity contribution is 0.330. The fourth-order valence-electron chi connectivity index (χ4n) is 2.56. The van der Waals surface area contributed by atoms with E-state index in [2.05, 4.69) is 56.2 Å². The monoisotopic (exact) mass is 215 g/mol. The summed E-state index contributed by atoms with van der Waals surface area (Å²) in [5, 5.41) is 1.38. The van der Waals surface area contributed by atoms with E-state index in [1.165, 1.54) is 29.3 Å². The maximum atomic E-state index is 3.35. The van der Waals surface area contributed by atoms with Gasteiger partial charge in [-0.15, -0.1) is 0 Å². The van der Waals surface area contributed by atoms with Crippen LogP contribution in [0.3, 0.4) is 0 Å². The first kappa shape index (κ1) is 11.3. The lowest BCUT2D eigenvalue weighted by Gasteiger charge is -2.23. The van der Waals surface area contributed by atoms with Crippen molar-refractivity contribution in [3.05, 3.63) is 36.0 Å². The third-order valence-electron chi connectivity index (χ3n) is 3.27. The smallest absolute Gasteiger partial charge is 0.0456 e. The lowest BCUT2D eigenvalue weighted by atomic mass is 9.82. The van der Waals surface area contributed by atoms with Gasteiger partial charge in [0.15, 0.2) is 0 Å². The van der Waals surface area contributed by atoms with Crippen molar-refractivity contribution in [2.75, 3.05) is 0 Å². The molecule has 0 aliphatic rings. The van der Waals surface area contributed by atoms with Crippen molar-refractivity contribution in [2.45, 2.75) is 40.0 Å². The summed E-state index contributed by atoms with van der Waals surface area (Å²) in [5.74, 6) is 0. The van der Waals surface area contributed by atoms with Crippen LogP contribution in [0.25, 0.3) is 10.9 Å². The summed E-state index contributed by atoms with van der Waals surface area (Å²) in [5.41, 5.74) is 3.11. The van der Waals surface area contributed by atoms with Crippen molar-refractivity contribution < 1.29 is 0 Å². The zero-order valence-corrected chi connectivity index (χ0v) is 10.5. The van der Waals surface area contributed by atoms with Gasteiger partial charge in [0.05, 0.1) is 0 Å². The molecule has 2 rings (SSSR count). The molecular formula is C15H21N. The Labute approximate surface area is 97.9 Å². The molecular weight excluding hydrogens is 194 g/mol. The van der Waals surface area contributed by atoms with Gasteiger partial charge in [-0.25, -0.2) is 0 Å². The van der Waals surface area contributed by atoms with Crippen LogP contribution in [0.15, 0.2) is 30.5 Å². The first-order valence-corrected chi connectivity index (χ1v) is 6.17. The van der Waals surface area contributed by atoms with Crippen molar-refractivity contribution in [1.82, 2.24) is 4.98 Å². The Bertz CT molecular complexity index is 465. The first-order valence-electron chi connectivity index (χ1n) is 6.17. The molecule has 0 unspecified atom stereocenters. The molecule has 1 heteroatoms. The van der Waals surface area contributed by atoms with Crippen molar-refractivity contribution >= 4 is 10.9 Å². The van der Waals surface area contributed by atoms with Gasteiger partial charge >= 0.3 is 0 Å². The molecule has 0 aliphatic heterocycles. The Kier molecular flexibility index (Phi) is 3.04. The minimum absolute atomic E-state index is 0.402. The van der Waals surface area contributed by atoms with E-state index in [1.54, 1.807) is 0 Å². The quantitative estimate of drug-likeness (QED) is 0.771. The summed E-state index contributed by atoms with van der Waals surface area (Å²) in [6, 6.07) is 8.56. The number of aromatic nitrogens is 1. The van der Waals surface area contributed by atoms with Gasteiger partial charge in [-0.05, 0) is 29.9 Å². The number of hydrogen-bond donors (Lipinski definition) is 1. The van der Waals surface area contributed by atoms with E-state index in [-0.39, 0.29) is 0 Å². The van der Waals surface area contributed by atoms with Gasteiger partial charge in [0.2, 0.25) is 0 Å². The molecule has 0 amide bonds. The minimum atomic E-state index is 0.402. The number of nitrogens with one attached hydrogen (secondary N) is 1. The molecule has 2 aromatic rings. The van der Waals surface area contributed by atoms with Crippen LogP contribution in [0, 0.1) is 5.41 Å². The Morgan fingerprint density at radius 2 is 1.94 bits per heavy atom. The normalized spacial score (nSPS) is 12.2. The van der Waals surface area contributed by atoms with Crippen LogP contribution in [0.1, 0.15) is 39.2 Å². The van der Waals surface area contributed by atoms with E-state index in [1.807, 2.05) is 0 Å². The van der Waals surface area contributed by atoms with Gasteiger partial charge < -0.3 is 4.98 Å². The van der Waals surface area contributed by atoms with Crippen LogP contribution in [-0.4, -0.2) is 4.98 Å². The molecule has 1 aromatic heterocycles. The van der Waals surface area contributed by atoms with Crippen molar-refractivity contribution in [3.63, 3.8) is 0 Å². The number of hydrogen-bond acceptors (Lipinski definition) is 0. The molecule has 0 radical (unpaired) electrons. The second-order valence-electron chi connectivity index (χ2n) is 5.45. The Morgan fingerprint density at radius 1 is 1.19 bits per heavy atom. The van der Waals surface area contributed by atoms with Crippen LogP contribution in [-0.2, 0) is 6.42 Å². The van der Waals surface area contributed by atoms with Crippen molar-refractivity contribution in [2.24, 2.45) is 5.41 Å². The summed E-state index contributed by atoms with van der Waals surface area (Å²) in [6.45, 7) is 6.98. The van der Waals surface area contributed by atoms with Gasteiger partial charge in [0, 0.05) is 17.1 Å². The Morgan fingerprint density at radius 3 is 2.69 bits per heavy atom. The Hall–Kier alpha value is -1.24. The van der Waals surface area contributed by atoms with Crippen LogP contribution in [0.5, 0.6) is 0 Å². The molecule has 0 spiro atoms. The fraction of sp³-hybridized carbons (Fsp3) is 0.467. The van der Waals surface area contributed by atoms with Crippen LogP contribution in [0.2, 0.25) is 0 Å². The standard InChI is InChI=1S/C15H21N/c1-4-9-15(2,3)10-12-11-16-14-8-6-5-7-13(12)14/h5-8,11,16H,4,9-10H2,1-3H3. The van der Waals surface area contributed by atoms with Gasteiger partial charge in [-0.1, -0.05) is 45.4 Å². The first-order chi connectivity index (χ1) is 7.62. The number of H-pyrrole nitrogens is 1. The number of para-hydroxylation sites is 1. The molecule has 0 saturated heterocycles. The van der Waals surface area contributed by atoms with E-state index in [0.717, 1.165) is 6.42 Å². The number of fused-ring (bicyclic) bond motifs is 1. The van der Waals surface area contributed by atoms with Crippen LogP contribution < -0.4 is 0 Å². The van der Waals surface area contributed by atoms with E-state index < -0.39 is 0 Å². The van der Waals surface area contributed by atoms with Crippen molar-refractivity contribution in [1.29, 1.82) is 0 Å². The molecule has 0 bridgehead atoms. The van der Waals surface area contributed by atoms with E-state index in [4.69, 9.17) is 0 Å². The molecule has 0 aliphatic carbocycles. The van der Waals surface area contributed by atoms with Gasteiger partial charge in [0.1, 0.15) is 0 Å². The SMILES string of the molecule is CCCC(C)(C)Cc1c[nH]c2ccccc12. The summed E-state index contributed by atoms with van der Waals surface area (Å²) in [4.78, 5) is 3.35. The average Bonchev–Trinajstić information content (AvgIpc) is 2.61. The van der Waals surface area contributed by atoms with Gasteiger partial charge in [-0.2, -0.15) is 0 Å². The van der Waals surface area contributed by atoms with Crippen LogP contribution in [0.4, 0.5) is 0 Å². The Balaban J connectivity index is 2.27. The van der Waals surface area contributed by atoms with Gasteiger partial charge in [0.25, 0.3) is 0 Å². The summed E-state index contributed by atoms with van der Waals surface area (Å²) in [6.07, 6.45) is 5.87. The molecule has 1 nitrogen and oxygen atoms in total. The predicted molar refractivity (Wildman–Crippen MR) is 70.7 cm³/mol. The molecule has 1 aromatic carbocycles. The minimum Gasteiger partial charge on any atom is -0.361 e. The largest absolute Gasteiger partial charge is 0.361 e. The van der Waals surface area contributed by atoms with Crippen molar-refractivity contribution in [3.8, 4) is 0 Å². The highest BCUT2D eigenvalue weighted by Crippen LogP contribution is 2.30. The molecule has 86 valence electrons. The second kappa shape index (κ2) is 4.32. The average molecular weight is 215 g/mol. The fourth-order valence-corrected chi connectivity index (χ4v) is 2.56. The summed E-state index contributed by atoms with van der Waals surface area (Å²) in [7, 11) is 0. The maximum absolute atomic E-state index is 3.35. The van der Waals surface area contributed by atoms with E-state index in [0.29, 0.717) is 5.41 Å². The summed E-state index contributed by atoms with van der Waals surface area (Å²) < 4.78 is 0. The van der Waals surface area contributed by atoms with Crippen LogP contribution >= 0.6 is 0 Å².